The van der Waals surface area contributed by atoms with Crippen LogP contribution in [0.2, 0.25) is 0 Å². The summed E-state index contributed by atoms with van der Waals surface area (Å²) >= 11 is 0. The van der Waals surface area contributed by atoms with Crippen LogP contribution in [0, 0.1) is 11.3 Å². The number of furan rings is 1. The van der Waals surface area contributed by atoms with Crippen molar-refractivity contribution in [3.05, 3.63) is 115 Å². The summed E-state index contributed by atoms with van der Waals surface area (Å²) in [5.74, 6) is 0. The van der Waals surface area contributed by atoms with Crippen molar-refractivity contribution in [1.29, 1.82) is 5.26 Å². The first-order valence-electron chi connectivity index (χ1n) is 10.8. The number of pyridine rings is 1. The number of hydrogen-bond donors (Lipinski definition) is 0. The maximum Gasteiger partial charge on any atom is 0.153 e. The van der Waals surface area contributed by atoms with E-state index in [4.69, 9.17) is 4.42 Å². The van der Waals surface area contributed by atoms with Gasteiger partial charge in [0, 0.05) is 28.1 Å². The van der Waals surface area contributed by atoms with E-state index in [0.717, 1.165) is 44.3 Å². The van der Waals surface area contributed by atoms with E-state index in [0.29, 0.717) is 11.1 Å². The number of nitriles is 1. The Kier molecular flexibility index (Phi) is 4.49. The third-order valence-electron chi connectivity index (χ3n) is 6.02. The van der Waals surface area contributed by atoms with Crippen molar-refractivity contribution in [2.24, 2.45) is 0 Å². The molecule has 154 valence electrons. The fourth-order valence-corrected chi connectivity index (χ4v) is 4.41. The van der Waals surface area contributed by atoms with Crippen LogP contribution in [0.1, 0.15) is 5.56 Å². The lowest BCUT2D eigenvalue weighted by molar-refractivity contribution is 0.668. The van der Waals surface area contributed by atoms with Crippen LogP contribution in [0.4, 0.5) is 0 Å². The largest absolute Gasteiger partial charge is 0.454 e. The van der Waals surface area contributed by atoms with Gasteiger partial charge in [-0.25, -0.2) is 0 Å². The van der Waals surface area contributed by atoms with Gasteiger partial charge in [0.1, 0.15) is 17.2 Å². The highest BCUT2D eigenvalue weighted by Gasteiger charge is 2.18. The molecular weight excluding hydrogens is 404 g/mol. The summed E-state index contributed by atoms with van der Waals surface area (Å²) in [5, 5.41) is 12.0. The predicted molar refractivity (Wildman–Crippen MR) is 133 cm³/mol. The molecule has 2 heterocycles. The van der Waals surface area contributed by atoms with Crippen molar-refractivity contribution in [1.82, 2.24) is 4.98 Å². The molecule has 6 rings (SSSR count). The Morgan fingerprint density at radius 1 is 0.576 bits per heavy atom. The van der Waals surface area contributed by atoms with E-state index < -0.39 is 0 Å². The number of para-hydroxylation sites is 1. The lowest BCUT2D eigenvalue weighted by atomic mass is 9.95. The Hall–Kier alpha value is -4.68. The molecule has 0 amide bonds. The molecule has 0 fully saturated rings. The van der Waals surface area contributed by atoms with E-state index in [2.05, 4.69) is 47.5 Å². The third kappa shape index (κ3) is 3.17. The van der Waals surface area contributed by atoms with E-state index in [1.54, 1.807) is 6.20 Å². The molecule has 3 nitrogen and oxygen atoms in total. The van der Waals surface area contributed by atoms with Crippen LogP contribution in [0.3, 0.4) is 0 Å². The van der Waals surface area contributed by atoms with Crippen molar-refractivity contribution >= 4 is 21.9 Å². The second-order valence-corrected chi connectivity index (χ2v) is 7.92. The lowest BCUT2D eigenvalue weighted by Gasteiger charge is -2.07. The molecule has 0 saturated carbocycles. The van der Waals surface area contributed by atoms with Gasteiger partial charge in [0.2, 0.25) is 0 Å². The fourth-order valence-electron chi connectivity index (χ4n) is 4.41. The Bertz CT molecular complexity index is 1640. The zero-order valence-electron chi connectivity index (χ0n) is 17.7. The second-order valence-electron chi connectivity index (χ2n) is 7.92. The van der Waals surface area contributed by atoms with Crippen molar-refractivity contribution < 1.29 is 4.42 Å². The maximum absolute atomic E-state index is 10.1. The summed E-state index contributed by atoms with van der Waals surface area (Å²) in [4.78, 5) is 4.49. The van der Waals surface area contributed by atoms with Gasteiger partial charge in [-0.3, -0.25) is 4.98 Å². The molecule has 0 aliphatic carbocycles. The van der Waals surface area contributed by atoms with Crippen LogP contribution < -0.4 is 0 Å². The molecule has 0 spiro atoms. The van der Waals surface area contributed by atoms with Crippen molar-refractivity contribution in [3.8, 4) is 39.6 Å². The van der Waals surface area contributed by atoms with Gasteiger partial charge in [-0.2, -0.15) is 5.26 Å². The molecule has 0 aliphatic heterocycles. The molecule has 0 saturated heterocycles. The summed E-state index contributed by atoms with van der Waals surface area (Å²) in [6, 6.07) is 36.9. The smallest absolute Gasteiger partial charge is 0.153 e. The molecule has 0 aliphatic rings. The van der Waals surface area contributed by atoms with E-state index in [1.165, 1.54) is 5.56 Å². The molecule has 0 atom stereocenters. The van der Waals surface area contributed by atoms with Gasteiger partial charge in [-0.15, -0.1) is 0 Å². The number of benzene rings is 4. The van der Waals surface area contributed by atoms with E-state index in [-0.39, 0.29) is 0 Å². The monoisotopic (exact) mass is 422 g/mol. The SMILES string of the molecule is N#Cc1c(-c2ccc(-c3ccccc3)cc2)ccc2c1oc1c(-c3ccccn3)cccc12. The number of hydrogen-bond acceptors (Lipinski definition) is 3. The van der Waals surface area contributed by atoms with Gasteiger partial charge in [0.15, 0.2) is 5.58 Å². The van der Waals surface area contributed by atoms with Gasteiger partial charge in [-0.05, 0) is 41.0 Å². The van der Waals surface area contributed by atoms with Crippen LogP contribution in [0.15, 0.2) is 114 Å². The van der Waals surface area contributed by atoms with E-state index in [1.807, 2.05) is 66.7 Å². The van der Waals surface area contributed by atoms with Crippen LogP contribution in [-0.4, -0.2) is 4.98 Å². The molecule has 33 heavy (non-hydrogen) atoms. The minimum atomic E-state index is 0.545. The van der Waals surface area contributed by atoms with Crippen molar-refractivity contribution in [2.45, 2.75) is 0 Å². The van der Waals surface area contributed by atoms with Gasteiger partial charge in [-0.1, -0.05) is 78.9 Å². The molecule has 6 aromatic rings. The highest BCUT2D eigenvalue weighted by Crippen LogP contribution is 2.39. The number of nitrogens with zero attached hydrogens (tertiary/aromatic N) is 2. The van der Waals surface area contributed by atoms with Crippen molar-refractivity contribution in [3.63, 3.8) is 0 Å². The molecule has 2 aromatic heterocycles. The quantitative estimate of drug-likeness (QED) is 0.292. The first-order valence-corrected chi connectivity index (χ1v) is 10.8. The molecule has 0 bridgehead atoms. The summed E-state index contributed by atoms with van der Waals surface area (Å²) < 4.78 is 6.35. The average Bonchev–Trinajstić information content (AvgIpc) is 3.28. The van der Waals surface area contributed by atoms with Gasteiger partial charge < -0.3 is 4.42 Å². The first kappa shape index (κ1) is 19.0. The topological polar surface area (TPSA) is 49.8 Å². The Balaban J connectivity index is 1.52. The Morgan fingerprint density at radius 2 is 1.30 bits per heavy atom. The molecule has 4 aromatic carbocycles. The zero-order chi connectivity index (χ0) is 22.2. The molecule has 3 heteroatoms. The number of fused-ring (bicyclic) bond motifs is 3. The zero-order valence-corrected chi connectivity index (χ0v) is 17.7. The summed E-state index contributed by atoms with van der Waals surface area (Å²) in [5.41, 5.74) is 7.82. The highest BCUT2D eigenvalue weighted by atomic mass is 16.3. The molecule has 0 unspecified atom stereocenters. The maximum atomic E-state index is 10.1. The standard InChI is InChI=1S/C30H18N2O/c31-19-27-23(22-14-12-21(13-15-22)20-7-2-1-3-8-20)16-17-25-24-9-6-10-26(29(24)33-30(25)27)28-11-4-5-18-32-28/h1-18H. The fraction of sp³-hybridized carbons (Fsp3) is 0. The molecule has 0 radical (unpaired) electrons. The minimum absolute atomic E-state index is 0.545. The van der Waals surface area contributed by atoms with Crippen LogP contribution >= 0.6 is 0 Å². The molecular formula is C30H18N2O. The Labute approximate surface area is 191 Å². The minimum Gasteiger partial charge on any atom is -0.454 e. The summed E-state index contributed by atoms with van der Waals surface area (Å²) in [6.07, 6.45) is 1.77. The second kappa shape index (κ2) is 7.78. The van der Waals surface area contributed by atoms with E-state index in [9.17, 15) is 5.26 Å². The summed E-state index contributed by atoms with van der Waals surface area (Å²) in [7, 11) is 0. The third-order valence-corrected chi connectivity index (χ3v) is 6.02. The normalized spacial score (nSPS) is 11.0. The first-order chi connectivity index (χ1) is 16.3. The van der Waals surface area contributed by atoms with Crippen LogP contribution in [0.5, 0.6) is 0 Å². The van der Waals surface area contributed by atoms with Crippen LogP contribution in [-0.2, 0) is 0 Å². The lowest BCUT2D eigenvalue weighted by Crippen LogP contribution is -1.86. The van der Waals surface area contributed by atoms with Crippen LogP contribution in [0.25, 0.3) is 55.4 Å². The molecule has 0 N–H and O–H groups in total. The average molecular weight is 422 g/mol. The predicted octanol–water partition coefficient (Wildman–Crippen LogP) is 7.85. The van der Waals surface area contributed by atoms with Crippen molar-refractivity contribution in [2.75, 3.05) is 0 Å². The van der Waals surface area contributed by atoms with E-state index >= 15 is 0 Å². The van der Waals surface area contributed by atoms with Gasteiger partial charge in [0.05, 0.1) is 5.69 Å². The Morgan fingerprint density at radius 3 is 2.06 bits per heavy atom. The number of rotatable bonds is 3. The highest BCUT2D eigenvalue weighted by molar-refractivity contribution is 6.11. The summed E-state index contributed by atoms with van der Waals surface area (Å²) in [6.45, 7) is 0. The van der Waals surface area contributed by atoms with Gasteiger partial charge >= 0.3 is 0 Å². The van der Waals surface area contributed by atoms with Gasteiger partial charge in [0.25, 0.3) is 0 Å². The number of aromatic nitrogens is 1.